The predicted molar refractivity (Wildman–Crippen MR) is 136 cm³/mol. The number of alkyl halides is 12. The number of benzene rings is 3. The van der Waals surface area contributed by atoms with Crippen molar-refractivity contribution in [1.29, 1.82) is 0 Å². The van der Waals surface area contributed by atoms with Gasteiger partial charge in [-0.15, -0.1) is 0 Å². The number of ether oxygens (including phenoxy) is 1. The SMILES string of the molecule is CCC(C(=O)c1ccc(C(F)(F)F)cc1)c1cccc(C(=O)Nc2c(Cl)cc(C(F)(C(F)(F)F)C(F)(F)F)cc2OC(F)F)c1F. The molecular weight excluding hydrogens is 681 g/mol. The van der Waals surface area contributed by atoms with Crippen molar-refractivity contribution in [3.05, 3.63) is 93.3 Å². The Morgan fingerprint density at radius 1 is 0.848 bits per heavy atom. The molecule has 1 unspecified atom stereocenters. The number of rotatable bonds is 9. The number of Topliss-reactive ketones (excluding diaryl/α,β-unsaturated/α-hetero) is 1. The summed E-state index contributed by atoms with van der Waals surface area (Å²) < 4.78 is 178. The monoisotopic (exact) mass is 697 g/mol. The maximum atomic E-state index is 15.6. The number of carbonyl (C=O) groups is 2. The summed E-state index contributed by atoms with van der Waals surface area (Å²) in [6.45, 7) is -2.55. The second-order valence-electron chi connectivity index (χ2n) is 9.43. The summed E-state index contributed by atoms with van der Waals surface area (Å²) in [6.07, 6.45) is -18.2. The fourth-order valence-electron chi connectivity index (χ4n) is 4.33. The fraction of sp³-hybridized carbons (Fsp3) is 0.286. The van der Waals surface area contributed by atoms with Crippen LogP contribution >= 0.6 is 11.6 Å². The van der Waals surface area contributed by atoms with E-state index in [1.165, 1.54) is 6.92 Å². The Kier molecular flexibility index (Phi) is 10.3. The quantitative estimate of drug-likeness (QED) is 0.179. The van der Waals surface area contributed by atoms with E-state index in [1.807, 2.05) is 0 Å². The number of hydrogen-bond acceptors (Lipinski definition) is 3. The smallest absolute Gasteiger partial charge is 0.433 e. The number of carbonyl (C=O) groups excluding carboxylic acids is 2. The van der Waals surface area contributed by atoms with E-state index in [9.17, 15) is 62.3 Å². The van der Waals surface area contributed by atoms with Crippen molar-refractivity contribution in [3.8, 4) is 5.75 Å². The van der Waals surface area contributed by atoms with Crippen LogP contribution in [0, 0.1) is 5.82 Å². The third-order valence-corrected chi connectivity index (χ3v) is 6.86. The summed E-state index contributed by atoms with van der Waals surface area (Å²) in [6, 6.07) is 5.14. The van der Waals surface area contributed by atoms with E-state index in [2.05, 4.69) is 4.74 Å². The van der Waals surface area contributed by atoms with Gasteiger partial charge < -0.3 is 10.1 Å². The lowest BCUT2D eigenvalue weighted by Crippen LogP contribution is -2.50. The minimum absolute atomic E-state index is 0.148. The molecule has 0 spiro atoms. The maximum absolute atomic E-state index is 15.6. The zero-order valence-corrected chi connectivity index (χ0v) is 23.3. The van der Waals surface area contributed by atoms with E-state index in [4.69, 9.17) is 11.6 Å². The van der Waals surface area contributed by atoms with Crippen molar-refractivity contribution in [2.75, 3.05) is 5.32 Å². The molecule has 0 heterocycles. The van der Waals surface area contributed by atoms with Gasteiger partial charge in [-0.1, -0.05) is 42.8 Å². The third kappa shape index (κ3) is 7.18. The number of halogens is 14. The highest BCUT2D eigenvalue weighted by atomic mass is 35.5. The number of anilines is 1. The molecule has 3 aromatic carbocycles. The van der Waals surface area contributed by atoms with Gasteiger partial charge in [0, 0.05) is 11.1 Å². The first-order chi connectivity index (χ1) is 21.0. The maximum Gasteiger partial charge on any atom is 0.435 e. The van der Waals surface area contributed by atoms with E-state index in [0.29, 0.717) is 12.1 Å². The minimum atomic E-state index is -6.67. The summed E-state index contributed by atoms with van der Waals surface area (Å²) in [5.74, 6) is -6.88. The predicted octanol–water partition coefficient (Wildman–Crippen LogP) is 10.0. The Balaban J connectivity index is 2.04. The topological polar surface area (TPSA) is 55.4 Å². The minimum Gasteiger partial charge on any atom is -0.433 e. The van der Waals surface area contributed by atoms with Crippen LogP contribution in [0.25, 0.3) is 0 Å². The fourth-order valence-corrected chi connectivity index (χ4v) is 4.58. The molecule has 1 atom stereocenters. The van der Waals surface area contributed by atoms with Gasteiger partial charge in [0.15, 0.2) is 11.5 Å². The molecule has 250 valence electrons. The average Bonchev–Trinajstić information content (AvgIpc) is 2.93. The number of nitrogens with one attached hydrogen (secondary N) is 1. The Morgan fingerprint density at radius 3 is 1.89 bits per heavy atom. The summed E-state index contributed by atoms with van der Waals surface area (Å²) >= 11 is 5.70. The molecule has 0 radical (unpaired) electrons. The van der Waals surface area contributed by atoms with Crippen molar-refractivity contribution < 1.29 is 71.4 Å². The van der Waals surface area contributed by atoms with Gasteiger partial charge >= 0.3 is 30.8 Å². The van der Waals surface area contributed by atoms with Gasteiger partial charge in [-0.2, -0.15) is 48.3 Å². The zero-order valence-electron chi connectivity index (χ0n) is 22.6. The molecule has 0 aliphatic rings. The van der Waals surface area contributed by atoms with E-state index in [-0.39, 0.29) is 18.1 Å². The summed E-state index contributed by atoms with van der Waals surface area (Å²) in [4.78, 5) is 26.0. The van der Waals surface area contributed by atoms with Crippen molar-refractivity contribution >= 4 is 29.0 Å². The van der Waals surface area contributed by atoms with Gasteiger partial charge in [-0.05, 0) is 42.3 Å². The summed E-state index contributed by atoms with van der Waals surface area (Å²) in [7, 11) is 0. The lowest BCUT2D eigenvalue weighted by Gasteiger charge is -2.31. The van der Waals surface area contributed by atoms with Crippen molar-refractivity contribution in [2.24, 2.45) is 0 Å². The zero-order chi connectivity index (χ0) is 35.0. The summed E-state index contributed by atoms with van der Waals surface area (Å²) in [5.41, 5.74) is -12.4. The Hall–Kier alpha value is -4.02. The van der Waals surface area contributed by atoms with E-state index in [1.54, 1.807) is 5.32 Å². The molecule has 3 aromatic rings. The highest BCUT2D eigenvalue weighted by Gasteiger charge is 2.73. The Labute approximate surface area is 255 Å². The molecule has 0 saturated carbocycles. The lowest BCUT2D eigenvalue weighted by atomic mass is 9.87. The van der Waals surface area contributed by atoms with E-state index < -0.39 is 99.0 Å². The molecule has 4 nitrogen and oxygen atoms in total. The first-order valence-electron chi connectivity index (χ1n) is 12.5. The normalized spacial score (nSPS) is 13.5. The molecule has 3 rings (SSSR count). The molecule has 1 amide bonds. The average molecular weight is 698 g/mol. The number of ketones is 1. The van der Waals surface area contributed by atoms with Gasteiger partial charge in [0.1, 0.15) is 11.5 Å². The van der Waals surface area contributed by atoms with Crippen LogP contribution in [-0.2, 0) is 11.8 Å². The van der Waals surface area contributed by atoms with Crippen LogP contribution in [0.4, 0.5) is 62.8 Å². The van der Waals surface area contributed by atoms with Gasteiger partial charge in [0.05, 0.1) is 22.1 Å². The van der Waals surface area contributed by atoms with Crippen molar-refractivity contribution in [3.63, 3.8) is 0 Å². The molecular formula is C28H17ClF13NO3. The second kappa shape index (κ2) is 13.0. The van der Waals surface area contributed by atoms with Gasteiger partial charge in [-0.25, -0.2) is 8.78 Å². The third-order valence-electron chi connectivity index (χ3n) is 6.56. The number of amides is 1. The lowest BCUT2D eigenvalue weighted by molar-refractivity contribution is -0.348. The molecule has 46 heavy (non-hydrogen) atoms. The van der Waals surface area contributed by atoms with Crippen LogP contribution in [0.1, 0.15) is 56.7 Å². The van der Waals surface area contributed by atoms with Crippen LogP contribution in [-0.4, -0.2) is 30.7 Å². The highest BCUT2D eigenvalue weighted by molar-refractivity contribution is 6.34. The molecule has 0 bridgehead atoms. The Bertz CT molecular complexity index is 1590. The molecule has 0 fully saturated rings. The first kappa shape index (κ1) is 36.4. The van der Waals surface area contributed by atoms with E-state index >= 15 is 4.39 Å². The summed E-state index contributed by atoms with van der Waals surface area (Å²) in [5, 5.41) is 0.368. The molecule has 18 heteroatoms. The number of hydrogen-bond donors (Lipinski definition) is 1. The van der Waals surface area contributed by atoms with E-state index in [0.717, 1.165) is 30.3 Å². The molecule has 0 aliphatic carbocycles. The Morgan fingerprint density at radius 2 is 1.41 bits per heavy atom. The van der Waals surface area contributed by atoms with Crippen LogP contribution < -0.4 is 10.1 Å². The van der Waals surface area contributed by atoms with Gasteiger partial charge in [-0.3, -0.25) is 9.59 Å². The largest absolute Gasteiger partial charge is 0.435 e. The molecule has 0 aromatic heterocycles. The van der Waals surface area contributed by atoms with Crippen molar-refractivity contribution in [2.45, 2.75) is 50.1 Å². The molecule has 0 saturated heterocycles. The highest BCUT2D eigenvalue weighted by Crippen LogP contribution is 2.55. The van der Waals surface area contributed by atoms with Crippen LogP contribution in [0.5, 0.6) is 5.75 Å². The second-order valence-corrected chi connectivity index (χ2v) is 9.83. The van der Waals surface area contributed by atoms with Crippen LogP contribution in [0.15, 0.2) is 54.6 Å². The molecule has 0 aliphatic heterocycles. The van der Waals surface area contributed by atoms with Crippen LogP contribution in [0.3, 0.4) is 0 Å². The van der Waals surface area contributed by atoms with Crippen LogP contribution in [0.2, 0.25) is 5.02 Å². The van der Waals surface area contributed by atoms with Gasteiger partial charge in [0.2, 0.25) is 0 Å². The molecule has 1 N–H and O–H groups in total. The van der Waals surface area contributed by atoms with Crippen molar-refractivity contribution in [1.82, 2.24) is 0 Å². The van der Waals surface area contributed by atoms with Gasteiger partial charge in [0.25, 0.3) is 5.91 Å². The first-order valence-corrected chi connectivity index (χ1v) is 12.8. The standard InChI is InChI=1S/C28H17ClF13NO3/c1-2-15(22(44)12-6-8-13(9-7-12)26(34,35)36)16-4-3-5-17(20(16)30)23(45)43-21-18(29)10-14(11-19(21)46-24(31)32)25(33,27(37,38)39)28(40,41)42/h3-11,15,24H,2H2,1H3,(H,43,45).